The van der Waals surface area contributed by atoms with Gasteiger partial charge < -0.3 is 9.80 Å². The first-order valence-electron chi connectivity index (χ1n) is 23.8. The molecule has 2 heterocycles. The standard InChI is InChI=1S/C57H67BN2/c1-11-12-13-37-15-17-40(18-16-37)59-48-21-14-36(2)28-46(48)58-47-32-44-45(56(9,10)35-55(44,7)8)33-49(47)60(41-19-20-42-43(31-41)54(5,6)34-53(42,3)4)51-30-39(29-50(59)52(51)58)57-25-22-38(23-26-57)24-27-57/h14-21,28-33,38H,11-13,22-27,34-35H2,1-10H3. The van der Waals surface area contributed by atoms with E-state index >= 15 is 0 Å². The van der Waals surface area contributed by atoms with Gasteiger partial charge >= 0.3 is 0 Å². The lowest BCUT2D eigenvalue weighted by atomic mass is 9.33. The minimum atomic E-state index is 0.0949. The number of unbranched alkanes of at least 4 members (excludes halogenated alkanes) is 1. The first-order valence-corrected chi connectivity index (χ1v) is 23.8. The molecule has 7 aliphatic rings. The average Bonchev–Trinajstić information content (AvgIpc) is 3.53. The van der Waals surface area contributed by atoms with Gasteiger partial charge in [0, 0.05) is 34.1 Å². The van der Waals surface area contributed by atoms with Gasteiger partial charge in [-0.05, 0) is 202 Å². The maximum atomic E-state index is 2.77. The fourth-order valence-electron chi connectivity index (χ4n) is 14.4. The predicted octanol–water partition coefficient (Wildman–Crippen LogP) is 13.6. The average molecular weight is 791 g/mol. The Bertz CT molecular complexity index is 2560. The van der Waals surface area contributed by atoms with Gasteiger partial charge in [-0.2, -0.15) is 0 Å². The van der Waals surface area contributed by atoms with Gasteiger partial charge in [-0.1, -0.05) is 111 Å². The molecule has 0 amide bonds. The monoisotopic (exact) mass is 791 g/mol. The molecule has 0 unspecified atom stereocenters. The maximum absolute atomic E-state index is 2.77. The van der Waals surface area contributed by atoms with E-state index in [0.717, 1.165) is 18.8 Å². The van der Waals surface area contributed by atoms with Crippen LogP contribution in [0.3, 0.4) is 0 Å². The van der Waals surface area contributed by atoms with Gasteiger partial charge in [0.25, 0.3) is 6.71 Å². The van der Waals surface area contributed by atoms with Crippen LogP contribution in [-0.2, 0) is 33.5 Å². The molecule has 2 bridgehead atoms. The van der Waals surface area contributed by atoms with Crippen LogP contribution in [-0.4, -0.2) is 6.71 Å². The van der Waals surface area contributed by atoms with Crippen LogP contribution in [0.15, 0.2) is 84.9 Å². The molecule has 0 saturated heterocycles. The van der Waals surface area contributed by atoms with Crippen molar-refractivity contribution in [2.45, 2.75) is 167 Å². The molecule has 0 spiro atoms. The first kappa shape index (κ1) is 38.7. The molecule has 308 valence electrons. The van der Waals surface area contributed by atoms with E-state index in [1.54, 1.807) is 11.1 Å². The van der Waals surface area contributed by atoms with Crippen LogP contribution in [0.2, 0.25) is 0 Å². The summed E-state index contributed by atoms with van der Waals surface area (Å²) in [7, 11) is 0. The lowest BCUT2D eigenvalue weighted by Gasteiger charge is -2.49. The van der Waals surface area contributed by atoms with Crippen molar-refractivity contribution in [1.29, 1.82) is 0 Å². The molecule has 2 aliphatic heterocycles. The molecule has 60 heavy (non-hydrogen) atoms. The third-order valence-corrected chi connectivity index (χ3v) is 17.0. The molecular weight excluding hydrogens is 723 g/mol. The predicted molar refractivity (Wildman–Crippen MR) is 258 cm³/mol. The first-order chi connectivity index (χ1) is 28.5. The van der Waals surface area contributed by atoms with Crippen LogP contribution >= 0.6 is 0 Å². The molecule has 5 aliphatic carbocycles. The number of hydrogen-bond donors (Lipinski definition) is 0. The second kappa shape index (κ2) is 12.9. The third kappa shape index (κ3) is 5.58. The number of nitrogens with zero attached hydrogens (tertiary/aromatic N) is 2. The highest BCUT2D eigenvalue weighted by molar-refractivity contribution is 7.00. The van der Waals surface area contributed by atoms with E-state index in [2.05, 4.69) is 164 Å². The van der Waals surface area contributed by atoms with Crippen molar-refractivity contribution in [3.05, 3.63) is 124 Å². The maximum Gasteiger partial charge on any atom is 0.252 e. The summed E-state index contributed by atoms with van der Waals surface area (Å²) in [5, 5.41) is 0. The smallest absolute Gasteiger partial charge is 0.252 e. The Balaban J connectivity index is 1.24. The fourth-order valence-corrected chi connectivity index (χ4v) is 14.4. The molecule has 0 atom stereocenters. The van der Waals surface area contributed by atoms with Gasteiger partial charge in [-0.15, -0.1) is 0 Å². The number of benzene rings is 5. The van der Waals surface area contributed by atoms with E-state index in [-0.39, 0.29) is 33.8 Å². The molecule has 5 aromatic carbocycles. The van der Waals surface area contributed by atoms with Crippen LogP contribution in [0.4, 0.5) is 34.1 Å². The Morgan fingerprint density at radius 2 is 1.10 bits per heavy atom. The summed E-state index contributed by atoms with van der Waals surface area (Å²) in [4.78, 5) is 5.45. The largest absolute Gasteiger partial charge is 0.311 e. The summed E-state index contributed by atoms with van der Waals surface area (Å²) in [5.41, 5.74) is 23.7. The van der Waals surface area contributed by atoms with Crippen molar-refractivity contribution < 1.29 is 0 Å². The Hall–Kier alpha value is -4.24. The van der Waals surface area contributed by atoms with E-state index in [4.69, 9.17) is 0 Å². The second-order valence-corrected chi connectivity index (χ2v) is 23.2. The number of rotatable bonds is 6. The van der Waals surface area contributed by atoms with Gasteiger partial charge in [-0.25, -0.2) is 0 Å². The van der Waals surface area contributed by atoms with Gasteiger partial charge in [0.1, 0.15) is 0 Å². The Morgan fingerprint density at radius 3 is 1.73 bits per heavy atom. The minimum Gasteiger partial charge on any atom is -0.311 e. The van der Waals surface area contributed by atoms with Crippen LogP contribution in [0.25, 0.3) is 0 Å². The molecule has 5 aromatic rings. The lowest BCUT2D eigenvalue weighted by molar-refractivity contribution is 0.136. The Morgan fingerprint density at radius 1 is 0.550 bits per heavy atom. The second-order valence-electron chi connectivity index (χ2n) is 23.2. The summed E-state index contributed by atoms with van der Waals surface area (Å²) < 4.78 is 0. The normalized spacial score (nSPS) is 24.2. The summed E-state index contributed by atoms with van der Waals surface area (Å²) in [5.74, 6) is 0.919. The summed E-state index contributed by atoms with van der Waals surface area (Å²) in [6.07, 6.45) is 14.0. The fraction of sp³-hybridized carbons (Fsp3) is 0.474. The molecule has 12 rings (SSSR count). The summed E-state index contributed by atoms with van der Waals surface area (Å²) >= 11 is 0. The van der Waals surface area contributed by atoms with E-state index < -0.39 is 0 Å². The van der Waals surface area contributed by atoms with Gasteiger partial charge in [0.05, 0.1) is 0 Å². The molecule has 0 N–H and O–H groups in total. The van der Waals surface area contributed by atoms with Crippen molar-refractivity contribution in [2.75, 3.05) is 9.80 Å². The lowest BCUT2D eigenvalue weighted by Crippen LogP contribution is -2.62. The van der Waals surface area contributed by atoms with Crippen LogP contribution in [0, 0.1) is 12.8 Å². The van der Waals surface area contributed by atoms with Crippen molar-refractivity contribution >= 4 is 57.2 Å². The van der Waals surface area contributed by atoms with Crippen LogP contribution < -0.4 is 26.2 Å². The van der Waals surface area contributed by atoms with Gasteiger partial charge in [0.2, 0.25) is 0 Å². The van der Waals surface area contributed by atoms with Crippen molar-refractivity contribution in [3.8, 4) is 0 Å². The topological polar surface area (TPSA) is 6.48 Å². The van der Waals surface area contributed by atoms with Gasteiger partial charge in [0.15, 0.2) is 0 Å². The molecule has 0 radical (unpaired) electrons. The highest BCUT2D eigenvalue weighted by Crippen LogP contribution is 2.57. The number of fused-ring (bicyclic) bond motifs is 9. The van der Waals surface area contributed by atoms with E-state index in [9.17, 15) is 0 Å². The van der Waals surface area contributed by atoms with Crippen LogP contribution in [0.1, 0.15) is 165 Å². The highest BCUT2D eigenvalue weighted by Gasteiger charge is 2.50. The molecule has 3 heteroatoms. The summed E-state index contributed by atoms with van der Waals surface area (Å²) in [6.45, 7) is 24.6. The third-order valence-electron chi connectivity index (χ3n) is 17.0. The van der Waals surface area contributed by atoms with Crippen molar-refractivity contribution in [2.24, 2.45) is 5.92 Å². The zero-order chi connectivity index (χ0) is 41.7. The molecule has 3 saturated carbocycles. The zero-order valence-electron chi connectivity index (χ0n) is 38.4. The van der Waals surface area contributed by atoms with Crippen molar-refractivity contribution in [1.82, 2.24) is 0 Å². The number of aryl methyl sites for hydroxylation is 2. The quantitative estimate of drug-likeness (QED) is 0.155. The van der Waals surface area contributed by atoms with E-state index in [1.807, 2.05) is 0 Å². The summed E-state index contributed by atoms with van der Waals surface area (Å²) in [6, 6.07) is 35.4. The number of hydrogen-bond acceptors (Lipinski definition) is 2. The SMILES string of the molecule is CCCCc1ccc(N2c3ccc(C)cc3B3c4cc5c(cc4N(c4ccc6c(c4)C(C)(C)CC6(C)C)c4cc(C67CCC(CC6)CC7)cc2c43)C(C)(C)CC5(C)C)cc1. The number of anilines is 6. The molecule has 0 aromatic heterocycles. The Labute approximate surface area is 362 Å². The van der Waals surface area contributed by atoms with E-state index in [1.165, 1.54) is 136 Å². The van der Waals surface area contributed by atoms with Gasteiger partial charge in [-0.3, -0.25) is 0 Å². The van der Waals surface area contributed by atoms with Crippen LogP contribution in [0.5, 0.6) is 0 Å². The Kier molecular flexibility index (Phi) is 8.32. The molecule has 3 fully saturated rings. The minimum absolute atomic E-state index is 0.0949. The zero-order valence-corrected chi connectivity index (χ0v) is 38.4. The molecular formula is C57H67BN2. The molecule has 2 nitrogen and oxygen atoms in total. The van der Waals surface area contributed by atoms with Crippen molar-refractivity contribution in [3.63, 3.8) is 0 Å². The highest BCUT2D eigenvalue weighted by atomic mass is 15.2. The van der Waals surface area contributed by atoms with E-state index in [0.29, 0.717) is 0 Å².